The molecule has 0 amide bonds. The number of rotatable bonds is 8. The Morgan fingerprint density at radius 2 is 1.62 bits per heavy atom. The van der Waals surface area contributed by atoms with E-state index in [1.54, 1.807) is 0 Å². The van der Waals surface area contributed by atoms with Crippen LogP contribution in [0.5, 0.6) is 0 Å². The first-order chi connectivity index (χ1) is 7.58. The van der Waals surface area contributed by atoms with Crippen LogP contribution in [0, 0.1) is 0 Å². The van der Waals surface area contributed by atoms with E-state index in [0.29, 0.717) is 26.2 Å². The van der Waals surface area contributed by atoms with E-state index >= 15 is 0 Å². The molecule has 0 aromatic carbocycles. The van der Waals surface area contributed by atoms with E-state index in [2.05, 4.69) is 6.58 Å². The number of ether oxygens (including phenoxy) is 1. The first kappa shape index (κ1) is 17.1. The van der Waals surface area contributed by atoms with Crippen LogP contribution in [0.1, 0.15) is 0 Å². The second-order valence-corrected chi connectivity index (χ2v) is 2.61. The Balaban J connectivity index is 0. The monoisotopic (exact) mass is 237 g/mol. The van der Waals surface area contributed by atoms with Crippen LogP contribution in [0.2, 0.25) is 0 Å². The molecule has 0 saturated heterocycles. The summed E-state index contributed by atoms with van der Waals surface area (Å²) in [5, 5.41) is 31.2. The van der Waals surface area contributed by atoms with Gasteiger partial charge in [-0.25, -0.2) is 4.79 Å². The lowest BCUT2D eigenvalue weighted by atomic mass is 10.4. The molecule has 0 atom stereocenters. The van der Waals surface area contributed by atoms with Crippen LogP contribution in [-0.2, 0) is 4.74 Å². The maximum absolute atomic E-state index is 8.64. The summed E-state index contributed by atoms with van der Waals surface area (Å²) in [7, 11) is 0. The van der Waals surface area contributed by atoms with Gasteiger partial charge in [0.25, 0.3) is 0 Å². The SMILES string of the molecule is C=COCCN(CCO)CCO.O=C(O)O. The van der Waals surface area contributed by atoms with Gasteiger partial charge in [0.15, 0.2) is 0 Å². The molecule has 0 aromatic heterocycles. The molecule has 0 radical (unpaired) electrons. The molecule has 0 heterocycles. The Morgan fingerprint density at radius 1 is 1.19 bits per heavy atom. The Kier molecular flexibility index (Phi) is 14.6. The highest BCUT2D eigenvalue weighted by Gasteiger charge is 2.01. The topological polar surface area (TPSA) is 110 Å². The molecule has 4 N–H and O–H groups in total. The second-order valence-electron chi connectivity index (χ2n) is 2.61. The largest absolute Gasteiger partial charge is 0.503 e. The summed E-state index contributed by atoms with van der Waals surface area (Å²) in [6.07, 6.45) is -0.448. The normalized spacial score (nSPS) is 9.19. The van der Waals surface area contributed by atoms with Gasteiger partial charge in [0.2, 0.25) is 0 Å². The number of carboxylic acid groups (broad SMARTS) is 2. The van der Waals surface area contributed by atoms with E-state index in [-0.39, 0.29) is 13.2 Å². The Bertz CT molecular complexity index is 165. The summed E-state index contributed by atoms with van der Waals surface area (Å²) in [5.41, 5.74) is 0. The second kappa shape index (κ2) is 13.7. The lowest BCUT2D eigenvalue weighted by Crippen LogP contribution is -2.32. The van der Waals surface area contributed by atoms with E-state index in [4.69, 9.17) is 30.0 Å². The minimum Gasteiger partial charge on any atom is -0.500 e. The maximum Gasteiger partial charge on any atom is 0.503 e. The molecule has 0 unspecified atom stereocenters. The number of aliphatic hydroxyl groups excluding tert-OH is 2. The fraction of sp³-hybridized carbons (Fsp3) is 0.667. The number of carbonyl (C=O) groups is 1. The highest BCUT2D eigenvalue weighted by Crippen LogP contribution is 1.87. The molecular formula is C9H19NO6. The van der Waals surface area contributed by atoms with Gasteiger partial charge in [0.1, 0.15) is 0 Å². The van der Waals surface area contributed by atoms with Crippen LogP contribution < -0.4 is 0 Å². The maximum atomic E-state index is 8.64. The average molecular weight is 237 g/mol. The van der Waals surface area contributed by atoms with Crippen molar-refractivity contribution in [1.82, 2.24) is 4.90 Å². The van der Waals surface area contributed by atoms with Gasteiger partial charge in [0, 0.05) is 19.6 Å². The summed E-state index contributed by atoms with van der Waals surface area (Å²) in [4.78, 5) is 10.5. The number of aliphatic hydroxyl groups is 2. The van der Waals surface area contributed by atoms with Gasteiger partial charge >= 0.3 is 6.16 Å². The van der Waals surface area contributed by atoms with Crippen LogP contribution in [-0.4, -0.2) is 70.9 Å². The molecule has 0 bridgehead atoms. The minimum atomic E-state index is -1.83. The van der Waals surface area contributed by atoms with Gasteiger partial charge < -0.3 is 25.2 Å². The molecule has 0 spiro atoms. The molecule has 0 aliphatic rings. The lowest BCUT2D eigenvalue weighted by molar-refractivity contribution is 0.129. The van der Waals surface area contributed by atoms with Crippen LogP contribution in [0.25, 0.3) is 0 Å². The van der Waals surface area contributed by atoms with Crippen molar-refractivity contribution >= 4 is 6.16 Å². The summed E-state index contributed by atoms with van der Waals surface area (Å²) in [5.74, 6) is 0. The molecule has 0 fully saturated rings. The van der Waals surface area contributed by atoms with Gasteiger partial charge in [-0.3, -0.25) is 4.90 Å². The Morgan fingerprint density at radius 3 is 1.94 bits per heavy atom. The third-order valence-electron chi connectivity index (χ3n) is 1.48. The zero-order chi connectivity index (χ0) is 12.8. The fourth-order valence-corrected chi connectivity index (χ4v) is 0.883. The van der Waals surface area contributed by atoms with Crippen molar-refractivity contribution in [3.63, 3.8) is 0 Å². The van der Waals surface area contributed by atoms with Crippen LogP contribution in [0.4, 0.5) is 4.79 Å². The average Bonchev–Trinajstić information content (AvgIpc) is 2.18. The first-order valence-electron chi connectivity index (χ1n) is 4.67. The van der Waals surface area contributed by atoms with Gasteiger partial charge in [-0.1, -0.05) is 6.58 Å². The third kappa shape index (κ3) is 18.5. The van der Waals surface area contributed by atoms with Crippen molar-refractivity contribution in [2.75, 3.05) is 39.5 Å². The van der Waals surface area contributed by atoms with Gasteiger partial charge in [-0.05, 0) is 0 Å². The number of hydrogen-bond acceptors (Lipinski definition) is 5. The lowest BCUT2D eigenvalue weighted by Gasteiger charge is -2.19. The smallest absolute Gasteiger partial charge is 0.500 e. The third-order valence-corrected chi connectivity index (χ3v) is 1.48. The highest BCUT2D eigenvalue weighted by molar-refractivity contribution is 5.53. The first-order valence-corrected chi connectivity index (χ1v) is 4.67. The summed E-state index contributed by atoms with van der Waals surface area (Å²) in [6, 6.07) is 0. The minimum absolute atomic E-state index is 0.105. The molecule has 0 aromatic rings. The molecule has 16 heavy (non-hydrogen) atoms. The molecule has 0 aliphatic carbocycles. The summed E-state index contributed by atoms with van der Waals surface area (Å²) in [6.45, 7) is 6.01. The molecule has 0 rings (SSSR count). The van der Waals surface area contributed by atoms with E-state index in [1.807, 2.05) is 4.90 Å². The molecule has 7 nitrogen and oxygen atoms in total. The van der Waals surface area contributed by atoms with Crippen LogP contribution >= 0.6 is 0 Å². The summed E-state index contributed by atoms with van der Waals surface area (Å²) < 4.78 is 4.92. The predicted octanol–water partition coefficient (Wildman–Crippen LogP) is -0.344. The molecule has 0 saturated carbocycles. The van der Waals surface area contributed by atoms with Crippen molar-refractivity contribution in [2.24, 2.45) is 0 Å². The standard InChI is InChI=1S/C8H17NO3.CH2O3/c1-2-12-8-5-9(3-6-10)4-7-11;2-1(3)4/h2,10-11H,1,3-8H2;(H2,2,3,4). The highest BCUT2D eigenvalue weighted by atomic mass is 16.6. The van der Waals surface area contributed by atoms with Crippen molar-refractivity contribution in [3.05, 3.63) is 12.8 Å². The van der Waals surface area contributed by atoms with Gasteiger partial charge in [-0.2, -0.15) is 0 Å². The van der Waals surface area contributed by atoms with Crippen LogP contribution in [0.3, 0.4) is 0 Å². The molecule has 7 heteroatoms. The van der Waals surface area contributed by atoms with Crippen LogP contribution in [0.15, 0.2) is 12.8 Å². The van der Waals surface area contributed by atoms with Gasteiger partial charge in [-0.15, -0.1) is 0 Å². The fourth-order valence-electron chi connectivity index (χ4n) is 0.883. The Labute approximate surface area is 94.2 Å². The van der Waals surface area contributed by atoms with E-state index < -0.39 is 6.16 Å². The zero-order valence-corrected chi connectivity index (χ0v) is 9.08. The molecule has 0 aliphatic heterocycles. The van der Waals surface area contributed by atoms with Crippen molar-refractivity contribution in [3.8, 4) is 0 Å². The number of hydrogen-bond donors (Lipinski definition) is 4. The van der Waals surface area contributed by atoms with Crippen molar-refractivity contribution in [2.45, 2.75) is 0 Å². The summed E-state index contributed by atoms with van der Waals surface area (Å²) >= 11 is 0. The van der Waals surface area contributed by atoms with E-state index in [1.165, 1.54) is 6.26 Å². The molecule has 96 valence electrons. The van der Waals surface area contributed by atoms with Crippen molar-refractivity contribution < 1.29 is 30.0 Å². The zero-order valence-electron chi connectivity index (χ0n) is 9.08. The predicted molar refractivity (Wildman–Crippen MR) is 57.4 cm³/mol. The molecular weight excluding hydrogens is 218 g/mol. The van der Waals surface area contributed by atoms with E-state index in [0.717, 1.165) is 0 Å². The number of nitrogens with zero attached hydrogens (tertiary/aromatic N) is 1. The van der Waals surface area contributed by atoms with E-state index in [9.17, 15) is 0 Å². The Hall–Kier alpha value is -1.31. The quantitative estimate of drug-likeness (QED) is 0.337. The van der Waals surface area contributed by atoms with Crippen molar-refractivity contribution in [1.29, 1.82) is 0 Å². The van der Waals surface area contributed by atoms with Gasteiger partial charge in [0.05, 0.1) is 26.1 Å².